The van der Waals surface area contributed by atoms with Crippen LogP contribution in [0.15, 0.2) is 0 Å². The molecule has 0 spiro atoms. The van der Waals surface area contributed by atoms with Crippen LogP contribution in [0, 0.1) is 0 Å². The molecule has 0 aliphatic rings. The lowest BCUT2D eigenvalue weighted by Gasteiger charge is -2.20. The number of hydrogen-bond acceptors (Lipinski definition) is 3. The highest BCUT2D eigenvalue weighted by Gasteiger charge is 2.12. The van der Waals surface area contributed by atoms with Gasteiger partial charge >= 0.3 is 0 Å². The number of nitrogens with one attached hydrogen (secondary N) is 3. The van der Waals surface area contributed by atoms with Gasteiger partial charge in [0.2, 0.25) is 5.91 Å². The molecule has 0 saturated heterocycles. The molecular formula is C9H20IN3O. The van der Waals surface area contributed by atoms with Gasteiger partial charge in [-0.3, -0.25) is 8.32 Å². The van der Waals surface area contributed by atoms with E-state index in [1.807, 2.05) is 20.8 Å². The third-order valence-corrected chi connectivity index (χ3v) is 1.98. The van der Waals surface area contributed by atoms with Crippen LogP contribution >= 0.6 is 22.9 Å². The highest BCUT2D eigenvalue weighted by atomic mass is 127. The van der Waals surface area contributed by atoms with Crippen LogP contribution in [0.25, 0.3) is 0 Å². The maximum atomic E-state index is 11.3. The lowest BCUT2D eigenvalue weighted by Crippen LogP contribution is -2.41. The largest absolute Gasteiger partial charge is 0.351 e. The molecule has 0 atom stereocenters. The van der Waals surface area contributed by atoms with Gasteiger partial charge in [0.25, 0.3) is 0 Å². The summed E-state index contributed by atoms with van der Waals surface area (Å²) in [6.07, 6.45) is 0.540. The van der Waals surface area contributed by atoms with Crippen LogP contribution in [-0.4, -0.2) is 31.1 Å². The molecule has 0 aliphatic heterocycles. The number of hydrogen-bond donors (Lipinski definition) is 3. The van der Waals surface area contributed by atoms with Crippen molar-refractivity contribution in [1.82, 2.24) is 14.2 Å². The first-order valence-corrected chi connectivity index (χ1v) is 5.89. The van der Waals surface area contributed by atoms with Gasteiger partial charge in [-0.15, -0.1) is 0 Å². The van der Waals surface area contributed by atoms with E-state index in [0.29, 0.717) is 6.42 Å². The normalized spacial score (nSPS) is 11.4. The molecule has 0 aromatic carbocycles. The summed E-state index contributed by atoms with van der Waals surface area (Å²) in [4.78, 5) is 11.3. The van der Waals surface area contributed by atoms with Crippen molar-refractivity contribution in [2.24, 2.45) is 0 Å². The summed E-state index contributed by atoms with van der Waals surface area (Å²) in [6.45, 7) is 8.50. The van der Waals surface area contributed by atoms with E-state index in [2.05, 4.69) is 37.0 Å². The third-order valence-electron chi connectivity index (χ3n) is 1.44. The molecule has 0 fully saturated rings. The molecule has 0 unspecified atom stereocenters. The number of carbonyl (C=O) groups is 1. The van der Waals surface area contributed by atoms with Crippen molar-refractivity contribution < 1.29 is 4.79 Å². The minimum atomic E-state index is -0.124. The minimum absolute atomic E-state index is 0.104. The van der Waals surface area contributed by atoms with E-state index in [1.54, 1.807) is 0 Å². The van der Waals surface area contributed by atoms with Crippen LogP contribution in [0.5, 0.6) is 0 Å². The zero-order valence-electron chi connectivity index (χ0n) is 9.11. The molecule has 0 radical (unpaired) electrons. The standard InChI is InChI=1S/C9H20IN3O/c1-9(2,3)13-8(14)4-5-11-6-7-12-10/h11-12H,4-7H2,1-3H3,(H,13,14). The van der Waals surface area contributed by atoms with Crippen molar-refractivity contribution >= 4 is 28.8 Å². The molecular weight excluding hydrogens is 293 g/mol. The average Bonchev–Trinajstić information content (AvgIpc) is 2.00. The summed E-state index contributed by atoms with van der Waals surface area (Å²) in [5.74, 6) is 0.104. The Hall–Kier alpha value is 0.120. The molecule has 3 N–H and O–H groups in total. The first-order valence-electron chi connectivity index (χ1n) is 4.81. The van der Waals surface area contributed by atoms with E-state index < -0.39 is 0 Å². The molecule has 1 amide bonds. The molecule has 0 saturated carbocycles. The second kappa shape index (κ2) is 7.42. The highest BCUT2D eigenvalue weighted by Crippen LogP contribution is 1.98. The van der Waals surface area contributed by atoms with Crippen molar-refractivity contribution in [3.8, 4) is 0 Å². The zero-order chi connectivity index (χ0) is 11.0. The van der Waals surface area contributed by atoms with Gasteiger partial charge in [-0.2, -0.15) is 0 Å². The van der Waals surface area contributed by atoms with Gasteiger partial charge < -0.3 is 10.6 Å². The number of rotatable bonds is 6. The summed E-state index contributed by atoms with van der Waals surface area (Å²) in [5.41, 5.74) is -0.124. The van der Waals surface area contributed by atoms with Crippen LogP contribution in [0.3, 0.4) is 0 Å². The van der Waals surface area contributed by atoms with Gasteiger partial charge in [-0.05, 0) is 20.8 Å². The van der Waals surface area contributed by atoms with Crippen LogP contribution in [0.1, 0.15) is 27.2 Å². The van der Waals surface area contributed by atoms with Crippen molar-refractivity contribution in [2.45, 2.75) is 32.7 Å². The smallest absolute Gasteiger partial charge is 0.221 e. The van der Waals surface area contributed by atoms with Gasteiger partial charge in [-0.25, -0.2) is 0 Å². The van der Waals surface area contributed by atoms with E-state index in [4.69, 9.17) is 0 Å². The fraction of sp³-hybridized carbons (Fsp3) is 0.889. The molecule has 0 aliphatic carbocycles. The number of amides is 1. The summed E-state index contributed by atoms with van der Waals surface area (Å²) >= 11 is 2.10. The lowest BCUT2D eigenvalue weighted by atomic mass is 10.1. The number of halogens is 1. The summed E-state index contributed by atoms with van der Waals surface area (Å²) in [7, 11) is 0. The van der Waals surface area contributed by atoms with Crippen LogP contribution in [0.4, 0.5) is 0 Å². The van der Waals surface area contributed by atoms with E-state index in [1.165, 1.54) is 0 Å². The highest BCUT2D eigenvalue weighted by molar-refractivity contribution is 14.1. The van der Waals surface area contributed by atoms with Crippen molar-refractivity contribution in [3.63, 3.8) is 0 Å². The molecule has 0 aromatic heterocycles. The summed E-state index contributed by atoms with van der Waals surface area (Å²) < 4.78 is 3.00. The minimum Gasteiger partial charge on any atom is -0.351 e. The Morgan fingerprint density at radius 2 is 1.86 bits per heavy atom. The molecule has 0 aromatic rings. The summed E-state index contributed by atoms with van der Waals surface area (Å²) in [6, 6.07) is 0. The maximum Gasteiger partial charge on any atom is 0.221 e. The third kappa shape index (κ3) is 10.2. The summed E-state index contributed by atoms with van der Waals surface area (Å²) in [5, 5.41) is 6.09. The van der Waals surface area contributed by atoms with Crippen molar-refractivity contribution in [1.29, 1.82) is 0 Å². The Morgan fingerprint density at radius 1 is 1.21 bits per heavy atom. The average molecular weight is 313 g/mol. The zero-order valence-corrected chi connectivity index (χ0v) is 11.3. The fourth-order valence-corrected chi connectivity index (χ4v) is 1.21. The molecule has 0 bridgehead atoms. The van der Waals surface area contributed by atoms with Gasteiger partial charge in [0.05, 0.1) is 0 Å². The second-order valence-electron chi connectivity index (χ2n) is 4.18. The fourth-order valence-electron chi connectivity index (χ4n) is 0.943. The molecule has 4 nitrogen and oxygen atoms in total. The Morgan fingerprint density at radius 3 is 2.36 bits per heavy atom. The first kappa shape index (κ1) is 14.1. The Kier molecular flexibility index (Phi) is 7.48. The Balaban J connectivity index is 3.36. The van der Waals surface area contributed by atoms with E-state index in [0.717, 1.165) is 19.6 Å². The van der Waals surface area contributed by atoms with Crippen molar-refractivity contribution in [2.75, 3.05) is 19.6 Å². The number of carbonyl (C=O) groups excluding carboxylic acids is 1. The molecule has 0 heterocycles. The molecule has 0 rings (SSSR count). The Bertz CT molecular complexity index is 168. The second-order valence-corrected chi connectivity index (χ2v) is 4.94. The van der Waals surface area contributed by atoms with Crippen LogP contribution in [0.2, 0.25) is 0 Å². The van der Waals surface area contributed by atoms with E-state index in [9.17, 15) is 4.79 Å². The maximum absolute atomic E-state index is 11.3. The van der Waals surface area contributed by atoms with Crippen LogP contribution < -0.4 is 14.2 Å². The van der Waals surface area contributed by atoms with Crippen LogP contribution in [-0.2, 0) is 4.79 Å². The van der Waals surface area contributed by atoms with Gasteiger partial charge in [0, 0.05) is 54.5 Å². The predicted octanol–water partition coefficient (Wildman–Crippen LogP) is 0.820. The van der Waals surface area contributed by atoms with Gasteiger partial charge in [0.1, 0.15) is 0 Å². The molecule has 14 heavy (non-hydrogen) atoms. The van der Waals surface area contributed by atoms with E-state index >= 15 is 0 Å². The topological polar surface area (TPSA) is 53.2 Å². The molecule has 5 heteroatoms. The van der Waals surface area contributed by atoms with Gasteiger partial charge in [0.15, 0.2) is 0 Å². The van der Waals surface area contributed by atoms with E-state index in [-0.39, 0.29) is 11.4 Å². The van der Waals surface area contributed by atoms with Gasteiger partial charge in [-0.1, -0.05) is 0 Å². The predicted molar refractivity (Wildman–Crippen MR) is 67.4 cm³/mol. The van der Waals surface area contributed by atoms with Crippen molar-refractivity contribution in [3.05, 3.63) is 0 Å². The molecule has 84 valence electrons. The Labute approximate surface area is 100 Å². The lowest BCUT2D eigenvalue weighted by molar-refractivity contribution is -0.122. The monoisotopic (exact) mass is 313 g/mol. The first-order chi connectivity index (χ1) is 6.45. The SMILES string of the molecule is CC(C)(C)NC(=O)CCNCCNI. The quantitative estimate of drug-likeness (QED) is 0.387.